The van der Waals surface area contributed by atoms with E-state index in [0.717, 1.165) is 46.6 Å². The van der Waals surface area contributed by atoms with E-state index in [9.17, 15) is 0 Å². The number of halogens is 1. The Kier molecular flexibility index (Phi) is 5.23. The quantitative estimate of drug-likeness (QED) is 0.775. The SMILES string of the molecule is CCCCOCCNc1nc2ccc(Cl)cc2s1. The van der Waals surface area contributed by atoms with E-state index in [2.05, 4.69) is 17.2 Å². The van der Waals surface area contributed by atoms with Crippen molar-refractivity contribution in [3.05, 3.63) is 23.2 Å². The molecule has 18 heavy (non-hydrogen) atoms. The van der Waals surface area contributed by atoms with Gasteiger partial charge in [-0.25, -0.2) is 4.98 Å². The van der Waals surface area contributed by atoms with Gasteiger partial charge in [-0.2, -0.15) is 0 Å². The van der Waals surface area contributed by atoms with Gasteiger partial charge in [0, 0.05) is 18.2 Å². The Balaban J connectivity index is 1.81. The van der Waals surface area contributed by atoms with Gasteiger partial charge in [-0.15, -0.1) is 0 Å². The first kappa shape index (κ1) is 13.6. The molecule has 3 nitrogen and oxygen atoms in total. The van der Waals surface area contributed by atoms with Crippen molar-refractivity contribution in [2.24, 2.45) is 0 Å². The highest BCUT2D eigenvalue weighted by molar-refractivity contribution is 7.22. The number of anilines is 1. The number of unbranched alkanes of at least 4 members (excludes halogenated alkanes) is 1. The minimum atomic E-state index is 0.719. The Hall–Kier alpha value is -0.840. The number of hydrogen-bond donors (Lipinski definition) is 1. The number of aromatic nitrogens is 1. The van der Waals surface area contributed by atoms with Crippen molar-refractivity contribution in [1.29, 1.82) is 0 Å². The number of thiazole rings is 1. The van der Waals surface area contributed by atoms with Crippen molar-refractivity contribution in [3.8, 4) is 0 Å². The van der Waals surface area contributed by atoms with Crippen molar-refractivity contribution in [1.82, 2.24) is 4.98 Å². The van der Waals surface area contributed by atoms with Gasteiger partial charge in [0.1, 0.15) is 0 Å². The summed E-state index contributed by atoms with van der Waals surface area (Å²) in [5.41, 5.74) is 0.985. The van der Waals surface area contributed by atoms with E-state index in [4.69, 9.17) is 16.3 Å². The lowest BCUT2D eigenvalue weighted by Crippen LogP contribution is -2.09. The minimum absolute atomic E-state index is 0.719. The van der Waals surface area contributed by atoms with E-state index in [0.29, 0.717) is 0 Å². The molecule has 1 heterocycles. The van der Waals surface area contributed by atoms with Gasteiger partial charge in [0.2, 0.25) is 0 Å². The van der Waals surface area contributed by atoms with E-state index >= 15 is 0 Å². The molecule has 0 spiro atoms. The maximum atomic E-state index is 5.94. The average Bonchev–Trinajstić information content (AvgIpc) is 2.75. The van der Waals surface area contributed by atoms with Gasteiger partial charge in [0.25, 0.3) is 0 Å². The van der Waals surface area contributed by atoms with Gasteiger partial charge in [-0.1, -0.05) is 36.3 Å². The van der Waals surface area contributed by atoms with Crippen LogP contribution in [0.25, 0.3) is 10.2 Å². The molecule has 0 saturated heterocycles. The van der Waals surface area contributed by atoms with Crippen LogP contribution in [-0.4, -0.2) is 24.7 Å². The van der Waals surface area contributed by atoms with Gasteiger partial charge in [-0.05, 0) is 24.6 Å². The molecular weight excluding hydrogens is 268 g/mol. The molecular formula is C13H17ClN2OS. The first-order valence-corrected chi connectivity index (χ1v) is 7.36. The molecule has 2 rings (SSSR count). The lowest BCUT2D eigenvalue weighted by molar-refractivity contribution is 0.141. The zero-order valence-corrected chi connectivity index (χ0v) is 12.0. The Labute approximate surface area is 116 Å². The lowest BCUT2D eigenvalue weighted by Gasteiger charge is -2.03. The summed E-state index contributed by atoms with van der Waals surface area (Å²) in [6, 6.07) is 5.75. The lowest BCUT2D eigenvalue weighted by atomic mass is 10.3. The minimum Gasteiger partial charge on any atom is -0.380 e. The second-order valence-corrected chi connectivity index (χ2v) is 5.49. The fourth-order valence-electron chi connectivity index (χ4n) is 1.55. The Morgan fingerprint density at radius 2 is 2.28 bits per heavy atom. The van der Waals surface area contributed by atoms with Crippen LogP contribution in [0.2, 0.25) is 5.02 Å². The fraction of sp³-hybridized carbons (Fsp3) is 0.462. The third-order valence-corrected chi connectivity index (χ3v) is 3.73. The van der Waals surface area contributed by atoms with Crippen LogP contribution in [0.15, 0.2) is 18.2 Å². The molecule has 0 bridgehead atoms. The van der Waals surface area contributed by atoms with Crippen LogP contribution >= 0.6 is 22.9 Å². The third-order valence-electron chi connectivity index (χ3n) is 2.52. The second-order valence-electron chi connectivity index (χ2n) is 4.02. The number of nitrogens with zero attached hydrogens (tertiary/aromatic N) is 1. The summed E-state index contributed by atoms with van der Waals surface area (Å²) < 4.78 is 6.59. The second kappa shape index (κ2) is 6.92. The molecule has 98 valence electrons. The van der Waals surface area contributed by atoms with Gasteiger partial charge >= 0.3 is 0 Å². The monoisotopic (exact) mass is 284 g/mol. The molecule has 0 aliphatic heterocycles. The highest BCUT2D eigenvalue weighted by atomic mass is 35.5. The van der Waals surface area contributed by atoms with E-state index in [1.54, 1.807) is 11.3 Å². The number of rotatable bonds is 7. The highest BCUT2D eigenvalue weighted by Crippen LogP contribution is 2.27. The summed E-state index contributed by atoms with van der Waals surface area (Å²) in [5.74, 6) is 0. The van der Waals surface area contributed by atoms with Crippen LogP contribution in [0.5, 0.6) is 0 Å². The molecule has 0 aliphatic rings. The van der Waals surface area contributed by atoms with Crippen molar-refractivity contribution >= 4 is 38.3 Å². The molecule has 1 aromatic carbocycles. The summed E-state index contributed by atoms with van der Waals surface area (Å²) >= 11 is 7.56. The highest BCUT2D eigenvalue weighted by Gasteiger charge is 2.03. The molecule has 0 radical (unpaired) electrons. The first-order valence-electron chi connectivity index (χ1n) is 6.17. The van der Waals surface area contributed by atoms with Crippen LogP contribution in [0, 0.1) is 0 Å². The molecule has 0 unspecified atom stereocenters. The number of ether oxygens (including phenoxy) is 1. The van der Waals surface area contributed by atoms with E-state index < -0.39 is 0 Å². The average molecular weight is 285 g/mol. The molecule has 0 saturated carbocycles. The van der Waals surface area contributed by atoms with Crippen molar-refractivity contribution in [3.63, 3.8) is 0 Å². The van der Waals surface area contributed by atoms with Crippen LogP contribution in [0.3, 0.4) is 0 Å². The van der Waals surface area contributed by atoms with Gasteiger partial charge in [0.15, 0.2) is 5.13 Å². The van der Waals surface area contributed by atoms with E-state index in [1.165, 1.54) is 6.42 Å². The molecule has 0 atom stereocenters. The molecule has 0 amide bonds. The molecule has 5 heteroatoms. The third kappa shape index (κ3) is 3.83. The van der Waals surface area contributed by atoms with Crippen LogP contribution < -0.4 is 5.32 Å². The van der Waals surface area contributed by atoms with Gasteiger partial charge in [0.05, 0.1) is 16.8 Å². The Morgan fingerprint density at radius 3 is 3.11 bits per heavy atom. The Morgan fingerprint density at radius 1 is 1.39 bits per heavy atom. The zero-order valence-electron chi connectivity index (χ0n) is 10.4. The van der Waals surface area contributed by atoms with Gasteiger partial charge in [-0.3, -0.25) is 0 Å². The maximum absolute atomic E-state index is 5.94. The van der Waals surface area contributed by atoms with Crippen LogP contribution in [0.1, 0.15) is 19.8 Å². The van der Waals surface area contributed by atoms with E-state index in [1.807, 2.05) is 18.2 Å². The predicted molar refractivity (Wildman–Crippen MR) is 78.8 cm³/mol. The fourth-order valence-corrected chi connectivity index (χ4v) is 2.72. The number of hydrogen-bond acceptors (Lipinski definition) is 4. The smallest absolute Gasteiger partial charge is 0.183 e. The summed E-state index contributed by atoms with van der Waals surface area (Å²) in [5, 5.41) is 4.94. The largest absolute Gasteiger partial charge is 0.380 e. The zero-order chi connectivity index (χ0) is 12.8. The van der Waals surface area contributed by atoms with Crippen molar-refractivity contribution < 1.29 is 4.74 Å². The van der Waals surface area contributed by atoms with Crippen molar-refractivity contribution in [2.45, 2.75) is 19.8 Å². The number of nitrogens with one attached hydrogen (secondary N) is 1. The van der Waals surface area contributed by atoms with Crippen LogP contribution in [-0.2, 0) is 4.74 Å². The summed E-state index contributed by atoms with van der Waals surface area (Å²) in [7, 11) is 0. The topological polar surface area (TPSA) is 34.1 Å². The van der Waals surface area contributed by atoms with Crippen LogP contribution in [0.4, 0.5) is 5.13 Å². The standard InChI is InChI=1S/C13H17ClN2OS/c1-2-3-7-17-8-6-15-13-16-11-5-4-10(14)9-12(11)18-13/h4-5,9H,2-3,6-8H2,1H3,(H,15,16). The number of benzene rings is 1. The van der Waals surface area contributed by atoms with Gasteiger partial charge < -0.3 is 10.1 Å². The molecule has 1 N–H and O–H groups in total. The summed E-state index contributed by atoms with van der Waals surface area (Å²) in [4.78, 5) is 4.48. The summed E-state index contributed by atoms with van der Waals surface area (Å²) in [6.07, 6.45) is 2.30. The molecule has 0 fully saturated rings. The molecule has 1 aromatic heterocycles. The van der Waals surface area contributed by atoms with Crippen molar-refractivity contribution in [2.75, 3.05) is 25.1 Å². The predicted octanol–water partition coefficient (Wildman–Crippen LogP) is 4.18. The van der Waals surface area contributed by atoms with E-state index in [-0.39, 0.29) is 0 Å². The number of fused-ring (bicyclic) bond motifs is 1. The molecule has 2 aromatic rings. The normalized spacial score (nSPS) is 11.0. The first-order chi connectivity index (χ1) is 8.79. The summed E-state index contributed by atoms with van der Waals surface area (Å²) in [6.45, 7) is 4.51. The molecule has 0 aliphatic carbocycles. The maximum Gasteiger partial charge on any atom is 0.183 e. The Bertz CT molecular complexity index is 501.